The van der Waals surface area contributed by atoms with Crippen molar-refractivity contribution in [2.75, 3.05) is 6.61 Å². The third-order valence-electron chi connectivity index (χ3n) is 1.47. The van der Waals surface area contributed by atoms with E-state index in [4.69, 9.17) is 4.74 Å². The standard InChI is InChI=1S/C7H12O2.ClH/c1-2-7(8)9-5-6-3-4-6;/h6H,2-5H2,1H3;1H. The van der Waals surface area contributed by atoms with E-state index in [9.17, 15) is 4.79 Å². The molecule has 0 saturated heterocycles. The Hall–Kier alpha value is -0.240. The molecule has 1 saturated carbocycles. The highest BCUT2D eigenvalue weighted by Gasteiger charge is 2.22. The summed E-state index contributed by atoms with van der Waals surface area (Å²) in [5.74, 6) is 0.627. The molecule has 0 aliphatic heterocycles. The van der Waals surface area contributed by atoms with Gasteiger partial charge < -0.3 is 4.74 Å². The second-order valence-electron chi connectivity index (χ2n) is 2.48. The number of hydrogen-bond donors (Lipinski definition) is 0. The summed E-state index contributed by atoms with van der Waals surface area (Å²) in [6, 6.07) is 0. The topological polar surface area (TPSA) is 26.3 Å². The maximum absolute atomic E-state index is 10.5. The van der Waals surface area contributed by atoms with Crippen molar-refractivity contribution in [1.29, 1.82) is 0 Å². The molecule has 1 aliphatic carbocycles. The molecule has 0 aromatic rings. The number of esters is 1. The van der Waals surface area contributed by atoms with Crippen molar-refractivity contribution in [2.45, 2.75) is 26.2 Å². The molecule has 1 aliphatic rings. The minimum absolute atomic E-state index is 0. The highest BCUT2D eigenvalue weighted by molar-refractivity contribution is 5.85. The SMILES string of the molecule is CCC(=O)OCC1CC1.Cl. The van der Waals surface area contributed by atoms with E-state index in [2.05, 4.69) is 0 Å². The summed E-state index contributed by atoms with van der Waals surface area (Å²) in [4.78, 5) is 10.5. The van der Waals surface area contributed by atoms with Gasteiger partial charge in [-0.15, -0.1) is 12.4 Å². The zero-order valence-corrected chi connectivity index (χ0v) is 6.95. The Labute approximate surface area is 67.4 Å². The smallest absolute Gasteiger partial charge is 0.305 e. The first kappa shape index (κ1) is 9.76. The number of halogens is 1. The summed E-state index contributed by atoms with van der Waals surface area (Å²) in [7, 11) is 0. The van der Waals surface area contributed by atoms with Crippen LogP contribution in [0.5, 0.6) is 0 Å². The van der Waals surface area contributed by atoms with Crippen molar-refractivity contribution < 1.29 is 9.53 Å². The van der Waals surface area contributed by atoms with Gasteiger partial charge in [-0.1, -0.05) is 6.92 Å². The molecule has 1 fully saturated rings. The number of carbonyl (C=O) groups is 1. The highest BCUT2D eigenvalue weighted by Crippen LogP contribution is 2.28. The monoisotopic (exact) mass is 164 g/mol. The third kappa shape index (κ3) is 3.72. The van der Waals surface area contributed by atoms with Crippen molar-refractivity contribution in [3.8, 4) is 0 Å². The molecule has 0 heterocycles. The molecule has 0 N–H and O–H groups in total. The van der Waals surface area contributed by atoms with Gasteiger partial charge in [0.1, 0.15) is 0 Å². The van der Waals surface area contributed by atoms with Crippen LogP contribution in [0.15, 0.2) is 0 Å². The lowest BCUT2D eigenvalue weighted by Gasteiger charge is -1.98. The van der Waals surface area contributed by atoms with E-state index in [1.54, 1.807) is 0 Å². The van der Waals surface area contributed by atoms with Crippen LogP contribution in [0.1, 0.15) is 26.2 Å². The van der Waals surface area contributed by atoms with Gasteiger partial charge in [-0.2, -0.15) is 0 Å². The first-order chi connectivity index (χ1) is 4.33. The lowest BCUT2D eigenvalue weighted by atomic mass is 10.4. The number of ether oxygens (including phenoxy) is 1. The first-order valence-corrected chi connectivity index (χ1v) is 3.48. The zero-order chi connectivity index (χ0) is 6.69. The highest BCUT2D eigenvalue weighted by atomic mass is 35.5. The van der Waals surface area contributed by atoms with Crippen molar-refractivity contribution in [3.63, 3.8) is 0 Å². The van der Waals surface area contributed by atoms with Crippen LogP contribution >= 0.6 is 12.4 Å². The van der Waals surface area contributed by atoms with Crippen LogP contribution in [0, 0.1) is 5.92 Å². The van der Waals surface area contributed by atoms with E-state index in [1.807, 2.05) is 6.92 Å². The number of hydrogen-bond acceptors (Lipinski definition) is 2. The lowest BCUT2D eigenvalue weighted by molar-refractivity contribution is -0.143. The van der Waals surface area contributed by atoms with E-state index in [0.29, 0.717) is 18.9 Å². The average Bonchev–Trinajstić information content (AvgIpc) is 2.65. The van der Waals surface area contributed by atoms with Crippen LogP contribution in [-0.2, 0) is 9.53 Å². The van der Waals surface area contributed by atoms with Gasteiger partial charge in [-0.25, -0.2) is 0 Å². The maximum Gasteiger partial charge on any atom is 0.305 e. The molecule has 0 radical (unpaired) electrons. The molecule has 0 amide bonds. The fraction of sp³-hybridized carbons (Fsp3) is 0.857. The molecule has 0 spiro atoms. The van der Waals surface area contributed by atoms with Gasteiger partial charge in [0.2, 0.25) is 0 Å². The fourth-order valence-electron chi connectivity index (χ4n) is 0.597. The third-order valence-corrected chi connectivity index (χ3v) is 1.47. The van der Waals surface area contributed by atoms with Crippen LogP contribution < -0.4 is 0 Å². The second-order valence-corrected chi connectivity index (χ2v) is 2.48. The Kier molecular flexibility index (Phi) is 4.45. The maximum atomic E-state index is 10.5. The second kappa shape index (κ2) is 4.56. The predicted octanol–water partition coefficient (Wildman–Crippen LogP) is 1.77. The van der Waals surface area contributed by atoms with Gasteiger partial charge in [0.05, 0.1) is 6.61 Å². The van der Waals surface area contributed by atoms with Crippen LogP contribution in [0.2, 0.25) is 0 Å². The molecule has 0 aromatic heterocycles. The summed E-state index contributed by atoms with van der Waals surface area (Å²) in [5.41, 5.74) is 0. The van der Waals surface area contributed by atoms with Gasteiger partial charge in [-0.05, 0) is 18.8 Å². The van der Waals surface area contributed by atoms with Gasteiger partial charge in [0, 0.05) is 6.42 Å². The largest absolute Gasteiger partial charge is 0.465 e. The van der Waals surface area contributed by atoms with Crippen molar-refractivity contribution in [1.82, 2.24) is 0 Å². The van der Waals surface area contributed by atoms with Crippen LogP contribution in [-0.4, -0.2) is 12.6 Å². The van der Waals surface area contributed by atoms with Crippen LogP contribution in [0.4, 0.5) is 0 Å². The Morgan fingerprint density at radius 2 is 2.20 bits per heavy atom. The molecule has 60 valence electrons. The molecule has 10 heavy (non-hydrogen) atoms. The summed E-state index contributed by atoms with van der Waals surface area (Å²) < 4.78 is 4.88. The quantitative estimate of drug-likeness (QED) is 0.595. The molecule has 0 bridgehead atoms. The molecule has 3 heteroatoms. The Morgan fingerprint density at radius 1 is 1.60 bits per heavy atom. The normalized spacial score (nSPS) is 15.7. The summed E-state index contributed by atoms with van der Waals surface area (Å²) >= 11 is 0. The van der Waals surface area contributed by atoms with Gasteiger partial charge in [0.15, 0.2) is 0 Å². The minimum atomic E-state index is -0.0677. The van der Waals surface area contributed by atoms with Crippen molar-refractivity contribution >= 4 is 18.4 Å². The average molecular weight is 165 g/mol. The number of carbonyl (C=O) groups excluding carboxylic acids is 1. The first-order valence-electron chi connectivity index (χ1n) is 3.48. The lowest BCUT2D eigenvalue weighted by Crippen LogP contribution is -2.04. The van der Waals surface area contributed by atoms with Crippen LogP contribution in [0.25, 0.3) is 0 Å². The molecule has 0 atom stereocenters. The van der Waals surface area contributed by atoms with E-state index >= 15 is 0 Å². The van der Waals surface area contributed by atoms with Gasteiger partial charge >= 0.3 is 5.97 Å². The van der Waals surface area contributed by atoms with Crippen molar-refractivity contribution in [2.24, 2.45) is 5.92 Å². The Bertz CT molecular complexity index is 110. The predicted molar refractivity (Wildman–Crippen MR) is 41.2 cm³/mol. The Balaban J connectivity index is 0.000000810. The molecular weight excluding hydrogens is 152 g/mol. The summed E-state index contributed by atoms with van der Waals surface area (Å²) in [6.07, 6.45) is 3.00. The van der Waals surface area contributed by atoms with E-state index in [1.165, 1.54) is 12.8 Å². The Morgan fingerprint density at radius 3 is 2.60 bits per heavy atom. The van der Waals surface area contributed by atoms with Gasteiger partial charge in [0.25, 0.3) is 0 Å². The number of rotatable bonds is 3. The van der Waals surface area contributed by atoms with Crippen LogP contribution in [0.3, 0.4) is 0 Å². The van der Waals surface area contributed by atoms with Gasteiger partial charge in [-0.3, -0.25) is 4.79 Å². The van der Waals surface area contributed by atoms with E-state index in [-0.39, 0.29) is 18.4 Å². The zero-order valence-electron chi connectivity index (χ0n) is 6.13. The van der Waals surface area contributed by atoms with Crippen molar-refractivity contribution in [3.05, 3.63) is 0 Å². The van der Waals surface area contributed by atoms with E-state index in [0.717, 1.165) is 0 Å². The molecular formula is C7H13ClO2. The summed E-state index contributed by atoms with van der Waals surface area (Å²) in [6.45, 7) is 2.47. The minimum Gasteiger partial charge on any atom is -0.465 e. The molecule has 1 rings (SSSR count). The fourth-order valence-corrected chi connectivity index (χ4v) is 0.597. The van der Waals surface area contributed by atoms with E-state index < -0.39 is 0 Å². The molecule has 2 nitrogen and oxygen atoms in total. The molecule has 0 aromatic carbocycles. The molecule has 0 unspecified atom stereocenters. The summed E-state index contributed by atoms with van der Waals surface area (Å²) in [5, 5.41) is 0.